The maximum Gasteiger partial charge on any atom is 0.0726 e. The summed E-state index contributed by atoms with van der Waals surface area (Å²) in [5.41, 5.74) is 13.7. The summed E-state index contributed by atoms with van der Waals surface area (Å²) in [5.74, 6) is 0. The molecule has 0 fully saturated rings. The standard InChI is InChI=1S/C12H21N3O/c1-3-12(16-4-2)11(14)7-9-8-15-6-5-10(9)13/h5-6,8,11-12H,3-4,7,14H2,1-2H3,(H2,13,15). The van der Waals surface area contributed by atoms with Crippen molar-refractivity contribution in [3.63, 3.8) is 0 Å². The molecule has 1 heterocycles. The molecule has 0 aliphatic heterocycles. The number of rotatable bonds is 6. The van der Waals surface area contributed by atoms with E-state index in [2.05, 4.69) is 11.9 Å². The molecule has 90 valence electrons. The van der Waals surface area contributed by atoms with Crippen LogP contribution in [-0.2, 0) is 11.2 Å². The highest BCUT2D eigenvalue weighted by Crippen LogP contribution is 2.14. The van der Waals surface area contributed by atoms with Crippen LogP contribution in [0.3, 0.4) is 0 Å². The Labute approximate surface area is 97.0 Å². The number of nitrogen functional groups attached to an aromatic ring is 1. The van der Waals surface area contributed by atoms with Crippen LogP contribution in [0.2, 0.25) is 0 Å². The van der Waals surface area contributed by atoms with Gasteiger partial charge in [-0.15, -0.1) is 0 Å². The van der Waals surface area contributed by atoms with Gasteiger partial charge in [0.1, 0.15) is 0 Å². The van der Waals surface area contributed by atoms with Gasteiger partial charge in [0.05, 0.1) is 6.10 Å². The van der Waals surface area contributed by atoms with Gasteiger partial charge in [0.2, 0.25) is 0 Å². The number of aromatic nitrogens is 1. The molecule has 0 saturated heterocycles. The van der Waals surface area contributed by atoms with Gasteiger partial charge in [-0.3, -0.25) is 4.98 Å². The Kier molecular flexibility index (Phi) is 5.22. The lowest BCUT2D eigenvalue weighted by atomic mass is 10.0. The van der Waals surface area contributed by atoms with Crippen molar-refractivity contribution < 1.29 is 4.74 Å². The second-order valence-corrected chi connectivity index (χ2v) is 3.84. The van der Waals surface area contributed by atoms with Crippen LogP contribution in [-0.4, -0.2) is 23.7 Å². The summed E-state index contributed by atoms with van der Waals surface area (Å²) in [6.45, 7) is 4.75. The minimum atomic E-state index is -0.0311. The van der Waals surface area contributed by atoms with E-state index in [1.807, 2.05) is 6.92 Å². The predicted octanol–water partition coefficient (Wildman–Crippen LogP) is 1.35. The minimum absolute atomic E-state index is 0.0311. The number of anilines is 1. The highest BCUT2D eigenvalue weighted by atomic mass is 16.5. The highest BCUT2D eigenvalue weighted by molar-refractivity contribution is 5.44. The van der Waals surface area contributed by atoms with E-state index in [4.69, 9.17) is 16.2 Å². The zero-order valence-electron chi connectivity index (χ0n) is 10.0. The molecule has 4 heteroatoms. The Hall–Kier alpha value is -1.13. The van der Waals surface area contributed by atoms with Crippen LogP contribution in [0.4, 0.5) is 5.69 Å². The van der Waals surface area contributed by atoms with E-state index >= 15 is 0 Å². The van der Waals surface area contributed by atoms with Gasteiger partial charge in [0.15, 0.2) is 0 Å². The van der Waals surface area contributed by atoms with Gasteiger partial charge in [-0.25, -0.2) is 0 Å². The van der Waals surface area contributed by atoms with Crippen molar-refractivity contribution in [3.8, 4) is 0 Å². The smallest absolute Gasteiger partial charge is 0.0726 e. The van der Waals surface area contributed by atoms with E-state index in [0.29, 0.717) is 13.0 Å². The lowest BCUT2D eigenvalue weighted by molar-refractivity contribution is 0.0417. The van der Waals surface area contributed by atoms with Crippen LogP contribution in [0.5, 0.6) is 0 Å². The van der Waals surface area contributed by atoms with E-state index in [1.54, 1.807) is 18.5 Å². The number of hydrogen-bond acceptors (Lipinski definition) is 4. The molecule has 1 aromatic heterocycles. The first-order chi connectivity index (χ1) is 7.69. The monoisotopic (exact) mass is 223 g/mol. The maximum atomic E-state index is 6.11. The van der Waals surface area contributed by atoms with E-state index in [9.17, 15) is 0 Å². The van der Waals surface area contributed by atoms with Gasteiger partial charge in [0.25, 0.3) is 0 Å². The molecule has 1 rings (SSSR count). The second kappa shape index (κ2) is 6.45. The Balaban J connectivity index is 2.62. The summed E-state index contributed by atoms with van der Waals surface area (Å²) >= 11 is 0. The quantitative estimate of drug-likeness (QED) is 0.763. The fourth-order valence-electron chi connectivity index (χ4n) is 1.75. The van der Waals surface area contributed by atoms with E-state index in [-0.39, 0.29) is 12.1 Å². The molecule has 0 saturated carbocycles. The minimum Gasteiger partial charge on any atom is -0.398 e. The van der Waals surface area contributed by atoms with Crippen molar-refractivity contribution >= 4 is 5.69 Å². The van der Waals surface area contributed by atoms with Crippen molar-refractivity contribution in [3.05, 3.63) is 24.0 Å². The number of nitrogens with two attached hydrogens (primary N) is 2. The van der Waals surface area contributed by atoms with E-state index < -0.39 is 0 Å². The SMILES string of the molecule is CCOC(CC)C(N)Cc1cnccc1N. The summed E-state index contributed by atoms with van der Waals surface area (Å²) in [7, 11) is 0. The van der Waals surface area contributed by atoms with Crippen LogP contribution in [0.1, 0.15) is 25.8 Å². The topological polar surface area (TPSA) is 74.2 Å². The van der Waals surface area contributed by atoms with Crippen molar-refractivity contribution in [2.45, 2.75) is 38.8 Å². The van der Waals surface area contributed by atoms with Crippen molar-refractivity contribution in [2.24, 2.45) is 5.73 Å². The molecule has 0 aliphatic carbocycles. The molecular weight excluding hydrogens is 202 g/mol. The summed E-state index contributed by atoms with van der Waals surface area (Å²) in [6.07, 6.45) is 5.16. The average molecular weight is 223 g/mol. The average Bonchev–Trinajstić information content (AvgIpc) is 2.29. The van der Waals surface area contributed by atoms with Gasteiger partial charge >= 0.3 is 0 Å². The highest BCUT2D eigenvalue weighted by Gasteiger charge is 2.17. The summed E-state index contributed by atoms with van der Waals surface area (Å²) in [6, 6.07) is 1.76. The van der Waals surface area contributed by atoms with Crippen molar-refractivity contribution in [1.29, 1.82) is 0 Å². The Bertz CT molecular complexity index is 317. The molecule has 0 aromatic carbocycles. The largest absolute Gasteiger partial charge is 0.398 e. The molecule has 0 radical (unpaired) electrons. The number of hydrogen-bond donors (Lipinski definition) is 2. The van der Waals surface area contributed by atoms with Crippen LogP contribution in [0.15, 0.2) is 18.5 Å². The Morgan fingerprint density at radius 1 is 1.44 bits per heavy atom. The first kappa shape index (κ1) is 12.9. The maximum absolute atomic E-state index is 6.11. The van der Waals surface area contributed by atoms with E-state index in [1.165, 1.54) is 0 Å². The molecule has 0 bridgehead atoms. The Morgan fingerprint density at radius 2 is 2.19 bits per heavy atom. The molecule has 2 atom stereocenters. The number of nitrogens with zero attached hydrogens (tertiary/aromatic N) is 1. The van der Waals surface area contributed by atoms with Crippen molar-refractivity contribution in [2.75, 3.05) is 12.3 Å². The molecule has 2 unspecified atom stereocenters. The summed E-state index contributed by atoms with van der Waals surface area (Å²) < 4.78 is 5.58. The normalized spacial score (nSPS) is 14.7. The first-order valence-corrected chi connectivity index (χ1v) is 5.74. The first-order valence-electron chi connectivity index (χ1n) is 5.74. The third kappa shape index (κ3) is 3.47. The van der Waals surface area contributed by atoms with Crippen LogP contribution >= 0.6 is 0 Å². The third-order valence-electron chi connectivity index (χ3n) is 2.66. The zero-order valence-corrected chi connectivity index (χ0v) is 10.0. The predicted molar refractivity (Wildman–Crippen MR) is 66.0 cm³/mol. The zero-order chi connectivity index (χ0) is 12.0. The van der Waals surface area contributed by atoms with Gasteiger partial charge in [-0.1, -0.05) is 6.92 Å². The second-order valence-electron chi connectivity index (χ2n) is 3.84. The van der Waals surface area contributed by atoms with Gasteiger partial charge in [-0.05, 0) is 31.4 Å². The van der Waals surface area contributed by atoms with Gasteiger partial charge in [0, 0.05) is 30.7 Å². The van der Waals surface area contributed by atoms with Crippen LogP contribution in [0.25, 0.3) is 0 Å². The van der Waals surface area contributed by atoms with Crippen molar-refractivity contribution in [1.82, 2.24) is 4.98 Å². The molecule has 16 heavy (non-hydrogen) atoms. The van der Waals surface area contributed by atoms with Crippen LogP contribution < -0.4 is 11.5 Å². The molecule has 4 nitrogen and oxygen atoms in total. The van der Waals surface area contributed by atoms with Gasteiger partial charge < -0.3 is 16.2 Å². The lowest BCUT2D eigenvalue weighted by Gasteiger charge is -2.22. The van der Waals surface area contributed by atoms with Gasteiger partial charge in [-0.2, -0.15) is 0 Å². The molecule has 0 aliphatic rings. The van der Waals surface area contributed by atoms with Crippen LogP contribution in [0, 0.1) is 0 Å². The lowest BCUT2D eigenvalue weighted by Crippen LogP contribution is -2.38. The third-order valence-corrected chi connectivity index (χ3v) is 2.66. The number of ether oxygens (including phenoxy) is 1. The molecule has 4 N–H and O–H groups in total. The molecule has 0 amide bonds. The molecule has 0 spiro atoms. The Morgan fingerprint density at radius 3 is 2.75 bits per heavy atom. The summed E-state index contributed by atoms with van der Waals surface area (Å²) in [5, 5.41) is 0. The molecule has 1 aromatic rings. The fourth-order valence-corrected chi connectivity index (χ4v) is 1.75. The molecular formula is C12H21N3O. The summed E-state index contributed by atoms with van der Waals surface area (Å²) in [4.78, 5) is 4.05. The fraction of sp³-hybridized carbons (Fsp3) is 0.583. The number of pyridine rings is 1. The van der Waals surface area contributed by atoms with E-state index in [0.717, 1.165) is 17.7 Å².